The van der Waals surface area contributed by atoms with Crippen LogP contribution in [0.15, 0.2) is 48.5 Å². The molecule has 0 saturated heterocycles. The quantitative estimate of drug-likeness (QED) is 0.387. The highest BCUT2D eigenvalue weighted by atomic mass is 16.6. The van der Waals surface area contributed by atoms with Gasteiger partial charge in [-0.05, 0) is 31.0 Å². The van der Waals surface area contributed by atoms with Gasteiger partial charge in [0.1, 0.15) is 5.69 Å². The van der Waals surface area contributed by atoms with Crippen LogP contribution < -0.4 is 5.32 Å². The van der Waals surface area contributed by atoms with Gasteiger partial charge in [-0.1, -0.05) is 37.3 Å². The lowest BCUT2D eigenvalue weighted by Gasteiger charge is -2.13. The molecule has 0 fully saturated rings. The molecule has 0 atom stereocenters. The van der Waals surface area contributed by atoms with Crippen LogP contribution in [-0.4, -0.2) is 28.4 Å². The highest BCUT2D eigenvalue weighted by Crippen LogP contribution is 2.25. The number of para-hydroxylation sites is 3. The summed E-state index contributed by atoms with van der Waals surface area (Å²) >= 11 is 0. The molecule has 0 saturated carbocycles. The summed E-state index contributed by atoms with van der Waals surface area (Å²) in [7, 11) is 0. The fourth-order valence-electron chi connectivity index (χ4n) is 3.10. The Balaban J connectivity index is 1.77. The number of aryl methyl sites for hydroxylation is 2. The number of esters is 1. The molecule has 1 N–H and O–H groups in total. The second-order valence-electron chi connectivity index (χ2n) is 6.33. The molecule has 29 heavy (non-hydrogen) atoms. The average molecular weight is 393 g/mol. The highest BCUT2D eigenvalue weighted by Gasteiger charge is 2.21. The predicted octanol–water partition coefficient (Wildman–Crippen LogP) is 3.81. The number of ether oxygens (including phenoxy) is 1. The number of carbonyl (C=O) groups is 2. The molecule has 8 heteroatoms. The van der Waals surface area contributed by atoms with E-state index in [-0.39, 0.29) is 11.4 Å². The van der Waals surface area contributed by atoms with Crippen LogP contribution >= 0.6 is 0 Å². The van der Waals surface area contributed by atoms with Gasteiger partial charge in [-0.15, -0.1) is 0 Å². The zero-order valence-electron chi connectivity index (χ0n) is 16.0. The van der Waals surface area contributed by atoms with Gasteiger partial charge in [0.25, 0.3) is 11.6 Å². The number of amides is 1. The van der Waals surface area contributed by atoms with Gasteiger partial charge in [0.15, 0.2) is 6.61 Å². The Kier molecular flexibility index (Phi) is 5.82. The van der Waals surface area contributed by atoms with E-state index in [1.807, 2.05) is 38.1 Å². The number of hydrogen-bond acceptors (Lipinski definition) is 6. The third-order valence-corrected chi connectivity index (χ3v) is 4.48. The topological polar surface area (TPSA) is 111 Å². The van der Waals surface area contributed by atoms with E-state index in [4.69, 9.17) is 4.74 Å². The molecule has 8 nitrogen and oxygen atoms in total. The Hall–Kier alpha value is -3.81. The van der Waals surface area contributed by atoms with E-state index in [9.17, 15) is 19.7 Å². The van der Waals surface area contributed by atoms with Crippen LogP contribution in [0.2, 0.25) is 0 Å². The van der Waals surface area contributed by atoms with Gasteiger partial charge in [0.05, 0.1) is 21.7 Å². The van der Waals surface area contributed by atoms with Crippen LogP contribution in [0, 0.1) is 17.0 Å². The highest BCUT2D eigenvalue weighted by molar-refractivity contribution is 6.00. The van der Waals surface area contributed by atoms with Crippen molar-refractivity contribution in [3.63, 3.8) is 0 Å². The Labute approximate surface area is 166 Å². The largest absolute Gasteiger partial charge is 0.452 e. The fourth-order valence-corrected chi connectivity index (χ4v) is 3.10. The maximum absolute atomic E-state index is 12.7. The predicted molar refractivity (Wildman–Crippen MR) is 108 cm³/mol. The molecule has 3 aromatic rings. The smallest absolute Gasteiger partial charge is 0.340 e. The third-order valence-electron chi connectivity index (χ3n) is 4.48. The zero-order valence-corrected chi connectivity index (χ0v) is 16.0. The second-order valence-corrected chi connectivity index (χ2v) is 6.33. The summed E-state index contributed by atoms with van der Waals surface area (Å²) in [5, 5.41) is 14.3. The van der Waals surface area contributed by atoms with Crippen molar-refractivity contribution < 1.29 is 19.2 Å². The molecule has 3 rings (SSSR count). The van der Waals surface area contributed by atoms with Crippen molar-refractivity contribution in [2.45, 2.75) is 20.3 Å². The van der Waals surface area contributed by atoms with Crippen LogP contribution in [-0.2, 0) is 16.0 Å². The monoisotopic (exact) mass is 393 g/mol. The van der Waals surface area contributed by atoms with Crippen molar-refractivity contribution >= 4 is 34.2 Å². The lowest BCUT2D eigenvalue weighted by Crippen LogP contribution is -2.22. The van der Waals surface area contributed by atoms with Crippen molar-refractivity contribution in [1.29, 1.82) is 0 Å². The number of pyridine rings is 1. The van der Waals surface area contributed by atoms with Crippen LogP contribution in [0.25, 0.3) is 10.9 Å². The molecule has 0 unspecified atom stereocenters. The van der Waals surface area contributed by atoms with E-state index >= 15 is 0 Å². The lowest BCUT2D eigenvalue weighted by molar-refractivity contribution is -0.383. The van der Waals surface area contributed by atoms with E-state index in [0.717, 1.165) is 16.5 Å². The number of nitro groups is 1. The first-order chi connectivity index (χ1) is 13.9. The molecule has 0 aliphatic heterocycles. The number of anilines is 1. The van der Waals surface area contributed by atoms with Crippen molar-refractivity contribution in [1.82, 2.24) is 4.98 Å². The summed E-state index contributed by atoms with van der Waals surface area (Å²) in [5.74, 6) is -1.33. The number of nitrogens with zero attached hydrogens (tertiary/aromatic N) is 2. The molecule has 0 aliphatic carbocycles. The number of nitrogens with one attached hydrogen (secondary N) is 1. The first-order valence-electron chi connectivity index (χ1n) is 9.01. The van der Waals surface area contributed by atoms with Crippen LogP contribution in [0.5, 0.6) is 0 Å². The number of benzene rings is 2. The molecule has 0 aliphatic rings. The number of fused-ring (bicyclic) bond motifs is 1. The Morgan fingerprint density at radius 2 is 1.83 bits per heavy atom. The maximum Gasteiger partial charge on any atom is 0.340 e. The van der Waals surface area contributed by atoms with Gasteiger partial charge in [-0.25, -0.2) is 4.79 Å². The van der Waals surface area contributed by atoms with Gasteiger partial charge in [0.2, 0.25) is 0 Å². The van der Waals surface area contributed by atoms with Crippen molar-refractivity contribution in [2.24, 2.45) is 0 Å². The van der Waals surface area contributed by atoms with E-state index in [2.05, 4.69) is 10.3 Å². The number of hydrogen-bond donors (Lipinski definition) is 1. The molecule has 0 bridgehead atoms. The fraction of sp³-hybridized carbons (Fsp3) is 0.190. The first-order valence-corrected chi connectivity index (χ1v) is 9.01. The average Bonchev–Trinajstić information content (AvgIpc) is 2.72. The standard InChI is InChI=1S/C21H19N3O5/c1-3-15-20(13(2)14-8-4-5-9-16(14)22-15)21(26)29-12-19(25)23-17-10-6-7-11-18(17)24(27)28/h4-11H,3,12H2,1-2H3,(H,23,25). The minimum Gasteiger partial charge on any atom is -0.452 e. The molecule has 0 spiro atoms. The number of nitro benzene ring substituents is 1. The molecular weight excluding hydrogens is 374 g/mol. The summed E-state index contributed by atoms with van der Waals surface area (Å²) in [6.45, 7) is 3.13. The Morgan fingerprint density at radius 3 is 2.55 bits per heavy atom. The zero-order chi connectivity index (χ0) is 21.0. The first kappa shape index (κ1) is 19.9. The molecule has 1 heterocycles. The van der Waals surface area contributed by atoms with Gasteiger partial charge < -0.3 is 10.1 Å². The molecule has 148 valence electrons. The lowest BCUT2D eigenvalue weighted by atomic mass is 10.0. The number of carbonyl (C=O) groups excluding carboxylic acids is 2. The van der Waals surface area contributed by atoms with Crippen molar-refractivity contribution in [3.05, 3.63) is 75.5 Å². The molecular formula is C21H19N3O5. The van der Waals surface area contributed by atoms with Crippen LogP contribution in [0.1, 0.15) is 28.5 Å². The summed E-state index contributed by atoms with van der Waals surface area (Å²) in [6, 6.07) is 13.2. The Morgan fingerprint density at radius 1 is 1.14 bits per heavy atom. The third kappa shape index (κ3) is 4.21. The van der Waals surface area contributed by atoms with E-state index < -0.39 is 23.4 Å². The minimum absolute atomic E-state index is 0.0383. The number of rotatable bonds is 6. The summed E-state index contributed by atoms with van der Waals surface area (Å²) in [4.78, 5) is 39.8. The van der Waals surface area contributed by atoms with Gasteiger partial charge in [-0.2, -0.15) is 0 Å². The maximum atomic E-state index is 12.7. The molecule has 2 aromatic carbocycles. The van der Waals surface area contributed by atoms with Crippen LogP contribution in [0.3, 0.4) is 0 Å². The number of aromatic nitrogens is 1. The van der Waals surface area contributed by atoms with Crippen molar-refractivity contribution in [2.75, 3.05) is 11.9 Å². The van der Waals surface area contributed by atoms with E-state index in [1.54, 1.807) is 6.07 Å². The molecule has 0 radical (unpaired) electrons. The van der Waals surface area contributed by atoms with Crippen molar-refractivity contribution in [3.8, 4) is 0 Å². The minimum atomic E-state index is -0.669. The summed E-state index contributed by atoms with van der Waals surface area (Å²) < 4.78 is 5.17. The van der Waals surface area contributed by atoms with E-state index in [1.165, 1.54) is 18.2 Å². The van der Waals surface area contributed by atoms with Crippen LogP contribution in [0.4, 0.5) is 11.4 Å². The van der Waals surface area contributed by atoms with Gasteiger partial charge in [-0.3, -0.25) is 19.9 Å². The van der Waals surface area contributed by atoms with E-state index in [0.29, 0.717) is 17.7 Å². The SMILES string of the molecule is CCc1nc2ccccc2c(C)c1C(=O)OCC(=O)Nc1ccccc1[N+](=O)[O-]. The Bertz CT molecular complexity index is 1110. The second kappa shape index (κ2) is 8.47. The molecule has 1 amide bonds. The normalized spacial score (nSPS) is 10.6. The van der Waals surface area contributed by atoms with Gasteiger partial charge >= 0.3 is 5.97 Å². The van der Waals surface area contributed by atoms with Gasteiger partial charge in [0, 0.05) is 11.5 Å². The molecule has 1 aromatic heterocycles. The summed E-state index contributed by atoms with van der Waals surface area (Å²) in [5.41, 5.74) is 2.24. The summed E-state index contributed by atoms with van der Waals surface area (Å²) in [6.07, 6.45) is 0.526.